The number of nitrogens with one attached hydrogen (secondary N) is 1. The quantitative estimate of drug-likeness (QED) is 0.363. The number of nitrogens with two attached hydrogens (primary N) is 3. The van der Waals surface area contributed by atoms with Crippen molar-refractivity contribution in [2.75, 3.05) is 0 Å². The van der Waals surface area contributed by atoms with Gasteiger partial charge in [0.05, 0.1) is 6.20 Å². The fraction of sp³-hybridized carbons (Fsp3) is 0.111. The summed E-state index contributed by atoms with van der Waals surface area (Å²) in [5.74, 6) is -2.51. The van der Waals surface area contributed by atoms with Crippen molar-refractivity contribution in [2.45, 2.75) is 12.5 Å². The van der Waals surface area contributed by atoms with Crippen LogP contribution in [-0.2, 0) is 16.0 Å². The molecule has 7 N–H and O–H groups in total. The molecule has 2 rings (SSSR count). The molecule has 0 aliphatic heterocycles. The molecule has 0 saturated heterocycles. The van der Waals surface area contributed by atoms with Crippen LogP contribution < -0.4 is 22.5 Å². The Morgan fingerprint density at radius 3 is 2.48 bits per heavy atom. The predicted octanol–water partition coefficient (Wildman–Crippen LogP) is -0.492. The molecule has 0 aliphatic carbocycles. The second-order valence-electron chi connectivity index (χ2n) is 5.55. The molecule has 140 valence electrons. The van der Waals surface area contributed by atoms with E-state index in [1.54, 1.807) is 24.3 Å². The predicted molar refractivity (Wildman–Crippen MR) is 99.6 cm³/mol. The van der Waals surface area contributed by atoms with Gasteiger partial charge in [-0.1, -0.05) is 30.3 Å². The van der Waals surface area contributed by atoms with Gasteiger partial charge in [0.15, 0.2) is 0 Å². The summed E-state index contributed by atoms with van der Waals surface area (Å²) in [6.07, 6.45) is 5.71. The maximum atomic E-state index is 12.6. The van der Waals surface area contributed by atoms with Crippen molar-refractivity contribution in [3.8, 4) is 0 Å². The van der Waals surface area contributed by atoms with Crippen LogP contribution in [0.5, 0.6) is 0 Å². The number of nitrogens with zero attached hydrogens (tertiary/aromatic N) is 2. The van der Waals surface area contributed by atoms with E-state index in [9.17, 15) is 14.4 Å². The topological polar surface area (TPSA) is 159 Å². The lowest BCUT2D eigenvalue weighted by Gasteiger charge is -2.17. The standard InChI is InChI=1S/C18H20N6O3/c19-9-4-7-15(20)24-14(8-10-22-24)18(27)23-13(16(25)17(21)26)11-12-5-2-1-3-6-12/h1-10,13H,11,19-20H2,(H2,21,26)(H,23,27)/b9-4-,15-7+. The van der Waals surface area contributed by atoms with Crippen molar-refractivity contribution in [2.24, 2.45) is 17.2 Å². The normalized spacial score (nSPS) is 12.7. The molecule has 0 radical (unpaired) electrons. The van der Waals surface area contributed by atoms with Gasteiger partial charge in [-0.2, -0.15) is 5.10 Å². The van der Waals surface area contributed by atoms with Crippen molar-refractivity contribution in [1.82, 2.24) is 15.1 Å². The van der Waals surface area contributed by atoms with E-state index in [-0.39, 0.29) is 17.9 Å². The van der Waals surface area contributed by atoms with Crippen LogP contribution in [0.4, 0.5) is 0 Å². The molecule has 1 heterocycles. The van der Waals surface area contributed by atoms with Crippen molar-refractivity contribution in [3.05, 3.63) is 72.2 Å². The van der Waals surface area contributed by atoms with Crippen LogP contribution in [0, 0.1) is 0 Å². The van der Waals surface area contributed by atoms with Crippen LogP contribution >= 0.6 is 0 Å². The summed E-state index contributed by atoms with van der Waals surface area (Å²) in [5.41, 5.74) is 17.1. The molecule has 9 heteroatoms. The lowest BCUT2D eigenvalue weighted by atomic mass is 10.0. The molecule has 27 heavy (non-hydrogen) atoms. The largest absolute Gasteiger partial charge is 0.405 e. The van der Waals surface area contributed by atoms with Gasteiger partial charge in [-0.15, -0.1) is 0 Å². The zero-order valence-corrected chi connectivity index (χ0v) is 14.4. The summed E-state index contributed by atoms with van der Waals surface area (Å²) in [4.78, 5) is 36.1. The van der Waals surface area contributed by atoms with Gasteiger partial charge in [-0.25, -0.2) is 4.68 Å². The Bertz CT molecular complexity index is 886. The SMILES string of the molecule is N/C=C\C=C(/N)n1nccc1C(=O)NC(Cc1ccccc1)C(=O)C(N)=O. The van der Waals surface area contributed by atoms with E-state index in [1.165, 1.54) is 35.3 Å². The van der Waals surface area contributed by atoms with E-state index < -0.39 is 23.6 Å². The third-order valence-corrected chi connectivity index (χ3v) is 3.65. The number of primary amides is 1. The van der Waals surface area contributed by atoms with E-state index in [4.69, 9.17) is 17.2 Å². The van der Waals surface area contributed by atoms with Gasteiger partial charge in [0.25, 0.3) is 11.8 Å². The first-order valence-electron chi connectivity index (χ1n) is 8.01. The Hall–Kier alpha value is -3.88. The molecule has 0 aliphatic rings. The maximum absolute atomic E-state index is 12.6. The van der Waals surface area contributed by atoms with E-state index >= 15 is 0 Å². The number of allylic oxidation sites excluding steroid dienone is 2. The summed E-state index contributed by atoms with van der Waals surface area (Å²) in [6, 6.07) is 9.25. The smallest absolute Gasteiger partial charge is 0.287 e. The van der Waals surface area contributed by atoms with Crippen LogP contribution in [0.1, 0.15) is 16.1 Å². The zero-order valence-electron chi connectivity index (χ0n) is 14.4. The third-order valence-electron chi connectivity index (χ3n) is 3.65. The summed E-state index contributed by atoms with van der Waals surface area (Å²) in [7, 11) is 0. The average molecular weight is 368 g/mol. The third kappa shape index (κ3) is 5.05. The van der Waals surface area contributed by atoms with E-state index in [0.717, 1.165) is 5.56 Å². The molecule has 0 bridgehead atoms. The summed E-state index contributed by atoms with van der Waals surface area (Å²) in [5, 5.41) is 6.50. The molecule has 2 aromatic rings. The highest BCUT2D eigenvalue weighted by atomic mass is 16.2. The van der Waals surface area contributed by atoms with Crippen molar-refractivity contribution in [3.63, 3.8) is 0 Å². The van der Waals surface area contributed by atoms with Crippen LogP contribution in [-0.4, -0.2) is 33.4 Å². The Morgan fingerprint density at radius 1 is 1.15 bits per heavy atom. The molecule has 1 aromatic carbocycles. The number of ketones is 1. The highest BCUT2D eigenvalue weighted by Gasteiger charge is 2.27. The highest BCUT2D eigenvalue weighted by Crippen LogP contribution is 2.08. The van der Waals surface area contributed by atoms with E-state index in [0.29, 0.717) is 0 Å². The van der Waals surface area contributed by atoms with Gasteiger partial charge < -0.3 is 22.5 Å². The summed E-state index contributed by atoms with van der Waals surface area (Å²) in [6.45, 7) is 0. The first-order chi connectivity index (χ1) is 12.9. The number of Topliss-reactive ketones (excluding diaryl/α,β-unsaturated/α-hetero) is 1. The number of carbonyl (C=O) groups excluding carboxylic acids is 3. The van der Waals surface area contributed by atoms with E-state index in [1.807, 2.05) is 6.07 Å². The van der Waals surface area contributed by atoms with Crippen molar-refractivity contribution < 1.29 is 14.4 Å². The zero-order chi connectivity index (χ0) is 19.8. The first kappa shape index (κ1) is 19.4. The monoisotopic (exact) mass is 368 g/mol. The van der Waals surface area contributed by atoms with Crippen LogP contribution in [0.15, 0.2) is 60.9 Å². The van der Waals surface area contributed by atoms with E-state index in [2.05, 4.69) is 10.4 Å². The maximum Gasteiger partial charge on any atom is 0.287 e. The fourth-order valence-corrected chi connectivity index (χ4v) is 2.37. The van der Waals surface area contributed by atoms with Gasteiger partial charge >= 0.3 is 0 Å². The van der Waals surface area contributed by atoms with Crippen molar-refractivity contribution in [1.29, 1.82) is 0 Å². The molecular formula is C18H20N6O3. The molecule has 1 unspecified atom stereocenters. The molecule has 0 spiro atoms. The number of hydrogen-bond donors (Lipinski definition) is 4. The second kappa shape index (κ2) is 8.99. The Labute approximate surface area is 155 Å². The Kier molecular flexibility index (Phi) is 6.48. The van der Waals surface area contributed by atoms with Gasteiger partial charge in [0.1, 0.15) is 17.6 Å². The Balaban J connectivity index is 2.25. The minimum atomic E-state index is -1.13. The number of benzene rings is 1. The van der Waals surface area contributed by atoms with Crippen LogP contribution in [0.25, 0.3) is 5.82 Å². The van der Waals surface area contributed by atoms with Gasteiger partial charge in [-0.3, -0.25) is 14.4 Å². The Morgan fingerprint density at radius 2 is 1.85 bits per heavy atom. The number of amides is 2. The first-order valence-corrected chi connectivity index (χ1v) is 8.01. The second-order valence-corrected chi connectivity index (χ2v) is 5.55. The average Bonchev–Trinajstić information content (AvgIpc) is 3.15. The molecular weight excluding hydrogens is 348 g/mol. The lowest BCUT2D eigenvalue weighted by Crippen LogP contribution is -2.47. The van der Waals surface area contributed by atoms with Gasteiger partial charge in [0.2, 0.25) is 5.78 Å². The molecule has 2 amide bonds. The van der Waals surface area contributed by atoms with Crippen molar-refractivity contribution >= 4 is 23.4 Å². The molecule has 0 fully saturated rings. The van der Waals surface area contributed by atoms with Gasteiger partial charge in [-0.05, 0) is 30.0 Å². The highest BCUT2D eigenvalue weighted by molar-refractivity contribution is 6.38. The number of carbonyl (C=O) groups is 3. The van der Waals surface area contributed by atoms with Crippen LogP contribution in [0.2, 0.25) is 0 Å². The number of aromatic nitrogens is 2. The minimum absolute atomic E-state index is 0.0875. The van der Waals surface area contributed by atoms with Crippen LogP contribution in [0.3, 0.4) is 0 Å². The molecule has 1 atom stereocenters. The molecule has 0 saturated carbocycles. The number of hydrogen-bond acceptors (Lipinski definition) is 6. The molecule has 9 nitrogen and oxygen atoms in total. The number of rotatable bonds is 8. The van der Waals surface area contributed by atoms with Gasteiger partial charge in [0, 0.05) is 6.42 Å². The minimum Gasteiger partial charge on any atom is -0.405 e. The summed E-state index contributed by atoms with van der Waals surface area (Å²) < 4.78 is 1.18. The lowest BCUT2D eigenvalue weighted by molar-refractivity contribution is -0.137. The summed E-state index contributed by atoms with van der Waals surface area (Å²) >= 11 is 0. The fourth-order valence-electron chi connectivity index (χ4n) is 2.37. The molecule has 1 aromatic heterocycles.